The summed E-state index contributed by atoms with van der Waals surface area (Å²) in [6, 6.07) is 0. The SMILES string of the molecule is CCc1c(NC)ncnc1N1CCN(CC(C)C)CC1. The Morgan fingerprint density at radius 3 is 2.45 bits per heavy atom. The van der Waals surface area contributed by atoms with Gasteiger partial charge in [-0.05, 0) is 12.3 Å². The molecular formula is C15H27N5. The van der Waals surface area contributed by atoms with E-state index in [0.717, 1.165) is 50.2 Å². The molecule has 1 aliphatic heterocycles. The number of nitrogens with one attached hydrogen (secondary N) is 1. The van der Waals surface area contributed by atoms with Crippen LogP contribution in [0.1, 0.15) is 26.3 Å². The molecule has 0 bridgehead atoms. The van der Waals surface area contributed by atoms with Gasteiger partial charge in [0.25, 0.3) is 0 Å². The molecule has 0 spiro atoms. The van der Waals surface area contributed by atoms with Crippen molar-refractivity contribution in [3.63, 3.8) is 0 Å². The Bertz CT molecular complexity index is 424. The van der Waals surface area contributed by atoms with Crippen molar-refractivity contribution in [2.45, 2.75) is 27.2 Å². The van der Waals surface area contributed by atoms with Crippen molar-refractivity contribution in [2.75, 3.05) is 50.0 Å². The molecule has 20 heavy (non-hydrogen) atoms. The first-order chi connectivity index (χ1) is 9.65. The minimum absolute atomic E-state index is 0.739. The zero-order valence-electron chi connectivity index (χ0n) is 13.2. The standard InChI is InChI=1S/C15H27N5/c1-5-13-14(16-4)17-11-18-15(13)20-8-6-19(7-9-20)10-12(2)3/h11-12H,5-10H2,1-4H3,(H,16,17,18). The Hall–Kier alpha value is -1.36. The van der Waals surface area contributed by atoms with Crippen LogP contribution in [-0.4, -0.2) is 54.6 Å². The van der Waals surface area contributed by atoms with Crippen LogP contribution in [0.2, 0.25) is 0 Å². The topological polar surface area (TPSA) is 44.3 Å². The van der Waals surface area contributed by atoms with Crippen LogP contribution in [0.3, 0.4) is 0 Å². The van der Waals surface area contributed by atoms with Crippen molar-refractivity contribution < 1.29 is 0 Å². The van der Waals surface area contributed by atoms with Gasteiger partial charge in [-0.15, -0.1) is 0 Å². The van der Waals surface area contributed by atoms with Crippen molar-refractivity contribution in [1.29, 1.82) is 0 Å². The van der Waals surface area contributed by atoms with E-state index in [-0.39, 0.29) is 0 Å². The van der Waals surface area contributed by atoms with Gasteiger partial charge < -0.3 is 10.2 Å². The molecule has 2 heterocycles. The molecule has 0 unspecified atom stereocenters. The van der Waals surface area contributed by atoms with E-state index in [0.29, 0.717) is 0 Å². The van der Waals surface area contributed by atoms with Crippen molar-refractivity contribution in [2.24, 2.45) is 5.92 Å². The van der Waals surface area contributed by atoms with Gasteiger partial charge in [-0.2, -0.15) is 0 Å². The Labute approximate surface area is 122 Å². The molecule has 1 aromatic rings. The molecule has 0 radical (unpaired) electrons. The lowest BCUT2D eigenvalue weighted by Crippen LogP contribution is -2.48. The summed E-state index contributed by atoms with van der Waals surface area (Å²) in [6.07, 6.45) is 2.62. The van der Waals surface area contributed by atoms with E-state index < -0.39 is 0 Å². The first kappa shape index (κ1) is 15.0. The summed E-state index contributed by atoms with van der Waals surface area (Å²) in [6.45, 7) is 12.3. The lowest BCUT2D eigenvalue weighted by Gasteiger charge is -2.37. The minimum Gasteiger partial charge on any atom is -0.373 e. The fourth-order valence-corrected chi connectivity index (χ4v) is 2.88. The molecule has 5 heteroatoms. The number of rotatable bonds is 5. The highest BCUT2D eigenvalue weighted by Gasteiger charge is 2.21. The van der Waals surface area contributed by atoms with Crippen LogP contribution in [0, 0.1) is 5.92 Å². The highest BCUT2D eigenvalue weighted by atomic mass is 15.3. The zero-order chi connectivity index (χ0) is 14.5. The van der Waals surface area contributed by atoms with Gasteiger partial charge in [-0.3, -0.25) is 4.90 Å². The summed E-state index contributed by atoms with van der Waals surface area (Å²) in [5.74, 6) is 2.81. The second kappa shape index (κ2) is 6.88. The van der Waals surface area contributed by atoms with E-state index in [4.69, 9.17) is 0 Å². The molecule has 112 valence electrons. The average Bonchev–Trinajstić information content (AvgIpc) is 2.46. The summed E-state index contributed by atoms with van der Waals surface area (Å²) in [5, 5.41) is 3.17. The molecule has 0 aliphatic carbocycles. The predicted molar refractivity (Wildman–Crippen MR) is 84.4 cm³/mol. The third-order valence-corrected chi connectivity index (χ3v) is 3.81. The van der Waals surface area contributed by atoms with Crippen molar-refractivity contribution in [3.05, 3.63) is 11.9 Å². The van der Waals surface area contributed by atoms with Crippen LogP contribution in [0.5, 0.6) is 0 Å². The Morgan fingerprint density at radius 2 is 1.90 bits per heavy atom. The maximum Gasteiger partial charge on any atom is 0.137 e. The fraction of sp³-hybridized carbons (Fsp3) is 0.733. The molecule has 1 aliphatic rings. The largest absolute Gasteiger partial charge is 0.373 e. The van der Waals surface area contributed by atoms with Gasteiger partial charge in [-0.25, -0.2) is 9.97 Å². The average molecular weight is 277 g/mol. The maximum atomic E-state index is 4.52. The number of hydrogen-bond donors (Lipinski definition) is 1. The second-order valence-electron chi connectivity index (χ2n) is 5.81. The van der Waals surface area contributed by atoms with Crippen molar-refractivity contribution >= 4 is 11.6 Å². The van der Waals surface area contributed by atoms with Crippen LogP contribution < -0.4 is 10.2 Å². The summed E-state index contributed by atoms with van der Waals surface area (Å²) in [7, 11) is 1.92. The van der Waals surface area contributed by atoms with E-state index in [1.54, 1.807) is 6.33 Å². The highest BCUT2D eigenvalue weighted by molar-refractivity contribution is 5.58. The summed E-state index contributed by atoms with van der Waals surface area (Å²) in [5.41, 5.74) is 1.23. The maximum absolute atomic E-state index is 4.52. The van der Waals surface area contributed by atoms with Crippen LogP contribution in [-0.2, 0) is 6.42 Å². The molecule has 5 nitrogen and oxygen atoms in total. The van der Waals surface area contributed by atoms with Crippen LogP contribution in [0.25, 0.3) is 0 Å². The minimum atomic E-state index is 0.739. The number of nitrogens with zero attached hydrogens (tertiary/aromatic N) is 4. The van der Waals surface area contributed by atoms with Crippen molar-refractivity contribution in [1.82, 2.24) is 14.9 Å². The molecule has 1 saturated heterocycles. The zero-order valence-corrected chi connectivity index (χ0v) is 13.2. The van der Waals surface area contributed by atoms with Crippen LogP contribution in [0.15, 0.2) is 6.33 Å². The molecule has 0 aromatic carbocycles. The van der Waals surface area contributed by atoms with Crippen LogP contribution >= 0.6 is 0 Å². The van der Waals surface area contributed by atoms with Gasteiger partial charge in [-0.1, -0.05) is 20.8 Å². The van der Waals surface area contributed by atoms with Gasteiger partial charge in [0.05, 0.1) is 0 Å². The third-order valence-electron chi connectivity index (χ3n) is 3.81. The lowest BCUT2D eigenvalue weighted by atomic mass is 10.1. The molecule has 0 amide bonds. The molecule has 1 aromatic heterocycles. The fourth-order valence-electron chi connectivity index (χ4n) is 2.88. The lowest BCUT2D eigenvalue weighted by molar-refractivity contribution is 0.231. The Morgan fingerprint density at radius 1 is 1.20 bits per heavy atom. The van der Waals surface area contributed by atoms with E-state index in [1.807, 2.05) is 7.05 Å². The van der Waals surface area contributed by atoms with Gasteiger partial charge in [0.15, 0.2) is 0 Å². The molecule has 0 saturated carbocycles. The van der Waals surface area contributed by atoms with E-state index in [2.05, 4.69) is 45.9 Å². The van der Waals surface area contributed by atoms with Crippen LogP contribution in [0.4, 0.5) is 11.6 Å². The molecule has 0 atom stereocenters. The smallest absolute Gasteiger partial charge is 0.137 e. The molecule has 2 rings (SSSR count). The van der Waals surface area contributed by atoms with Crippen molar-refractivity contribution in [3.8, 4) is 0 Å². The quantitative estimate of drug-likeness (QED) is 0.890. The summed E-state index contributed by atoms with van der Waals surface area (Å²) >= 11 is 0. The second-order valence-corrected chi connectivity index (χ2v) is 5.81. The van der Waals surface area contributed by atoms with E-state index in [9.17, 15) is 0 Å². The van der Waals surface area contributed by atoms with Gasteiger partial charge in [0, 0.05) is 45.3 Å². The summed E-state index contributed by atoms with van der Waals surface area (Å²) in [4.78, 5) is 13.8. The number of aromatic nitrogens is 2. The predicted octanol–water partition coefficient (Wildman–Crippen LogP) is 1.86. The number of anilines is 2. The highest BCUT2D eigenvalue weighted by Crippen LogP contribution is 2.24. The number of piperazine rings is 1. The molecule has 1 N–H and O–H groups in total. The normalized spacial score (nSPS) is 16.8. The first-order valence-electron chi connectivity index (χ1n) is 7.64. The summed E-state index contributed by atoms with van der Waals surface area (Å²) < 4.78 is 0. The Balaban J connectivity index is 2.07. The first-order valence-corrected chi connectivity index (χ1v) is 7.64. The van der Waals surface area contributed by atoms with Gasteiger partial charge >= 0.3 is 0 Å². The van der Waals surface area contributed by atoms with E-state index in [1.165, 1.54) is 12.1 Å². The molecule has 1 fully saturated rings. The molecular weight excluding hydrogens is 250 g/mol. The van der Waals surface area contributed by atoms with E-state index >= 15 is 0 Å². The number of hydrogen-bond acceptors (Lipinski definition) is 5. The Kier molecular flexibility index (Phi) is 5.17. The van der Waals surface area contributed by atoms with Gasteiger partial charge in [0.1, 0.15) is 18.0 Å². The van der Waals surface area contributed by atoms with Gasteiger partial charge in [0.2, 0.25) is 0 Å². The third kappa shape index (κ3) is 3.39. The monoisotopic (exact) mass is 277 g/mol.